The van der Waals surface area contributed by atoms with Crippen LogP contribution in [0.1, 0.15) is 31.2 Å². The van der Waals surface area contributed by atoms with Gasteiger partial charge in [0.05, 0.1) is 6.20 Å². The Morgan fingerprint density at radius 3 is 2.86 bits per heavy atom. The van der Waals surface area contributed by atoms with Gasteiger partial charge in [-0.05, 0) is 12.8 Å². The topological polar surface area (TPSA) is 55.9 Å². The molecule has 3 N–H and O–H groups in total. The second-order valence-electron chi connectivity index (χ2n) is 4.04. The van der Waals surface area contributed by atoms with Crippen molar-refractivity contribution in [2.45, 2.75) is 38.3 Å². The van der Waals surface area contributed by atoms with Gasteiger partial charge in [0.15, 0.2) is 0 Å². The maximum atomic E-state index is 5.85. The van der Waals surface area contributed by atoms with E-state index in [2.05, 4.69) is 10.4 Å². The second kappa shape index (κ2) is 4.00. The predicted molar refractivity (Wildman–Crippen MR) is 56.7 cm³/mol. The summed E-state index contributed by atoms with van der Waals surface area (Å²) in [6.07, 6.45) is 7.18. The fourth-order valence-corrected chi connectivity index (χ4v) is 2.01. The van der Waals surface area contributed by atoms with Crippen LogP contribution in [0.25, 0.3) is 0 Å². The van der Waals surface area contributed by atoms with Crippen molar-refractivity contribution in [3.8, 4) is 0 Å². The number of nitrogens with two attached hydrogens (primary N) is 1. The van der Waals surface area contributed by atoms with Gasteiger partial charge < -0.3 is 11.1 Å². The molecule has 0 saturated heterocycles. The van der Waals surface area contributed by atoms with E-state index < -0.39 is 0 Å². The number of hydrogen-bond acceptors (Lipinski definition) is 3. The molecule has 4 nitrogen and oxygen atoms in total. The van der Waals surface area contributed by atoms with Crippen molar-refractivity contribution < 1.29 is 0 Å². The molecule has 0 atom stereocenters. The van der Waals surface area contributed by atoms with Gasteiger partial charge in [-0.15, -0.1) is 0 Å². The van der Waals surface area contributed by atoms with Crippen molar-refractivity contribution in [2.24, 2.45) is 7.05 Å². The molecule has 0 spiro atoms. The summed E-state index contributed by atoms with van der Waals surface area (Å²) in [7, 11) is 1.87. The SMILES string of the molecule is Cn1ncc(CNC2CCCC2)c1N. The van der Waals surface area contributed by atoms with Crippen molar-refractivity contribution in [1.29, 1.82) is 0 Å². The van der Waals surface area contributed by atoms with E-state index in [1.165, 1.54) is 25.7 Å². The first-order chi connectivity index (χ1) is 6.77. The van der Waals surface area contributed by atoms with E-state index in [1.807, 2.05) is 13.2 Å². The monoisotopic (exact) mass is 194 g/mol. The van der Waals surface area contributed by atoms with Gasteiger partial charge in [-0.2, -0.15) is 5.10 Å². The molecule has 14 heavy (non-hydrogen) atoms. The zero-order chi connectivity index (χ0) is 9.97. The lowest BCUT2D eigenvalue weighted by atomic mass is 10.2. The van der Waals surface area contributed by atoms with Crippen LogP contribution in [0.5, 0.6) is 0 Å². The summed E-state index contributed by atoms with van der Waals surface area (Å²) >= 11 is 0. The lowest BCUT2D eigenvalue weighted by Crippen LogP contribution is -2.25. The Morgan fingerprint density at radius 2 is 2.29 bits per heavy atom. The molecule has 1 aromatic rings. The molecule has 0 aliphatic heterocycles. The predicted octanol–water partition coefficient (Wildman–Crippen LogP) is 1.03. The van der Waals surface area contributed by atoms with Crippen molar-refractivity contribution in [3.63, 3.8) is 0 Å². The molecular weight excluding hydrogens is 176 g/mol. The summed E-state index contributed by atoms with van der Waals surface area (Å²) in [6, 6.07) is 0.689. The molecule has 1 aromatic heterocycles. The summed E-state index contributed by atoms with van der Waals surface area (Å²) in [4.78, 5) is 0. The first kappa shape index (κ1) is 9.52. The zero-order valence-electron chi connectivity index (χ0n) is 8.66. The number of nitrogens with one attached hydrogen (secondary N) is 1. The van der Waals surface area contributed by atoms with Gasteiger partial charge >= 0.3 is 0 Å². The number of nitrogens with zero attached hydrogens (tertiary/aromatic N) is 2. The summed E-state index contributed by atoms with van der Waals surface area (Å²) in [6.45, 7) is 0.852. The molecule has 0 unspecified atom stereocenters. The average Bonchev–Trinajstić information content (AvgIpc) is 2.77. The molecule has 1 fully saturated rings. The van der Waals surface area contributed by atoms with Crippen LogP contribution in [0, 0.1) is 0 Å². The van der Waals surface area contributed by atoms with Crippen LogP contribution < -0.4 is 11.1 Å². The number of nitrogen functional groups attached to an aromatic ring is 1. The number of hydrogen-bond donors (Lipinski definition) is 2. The third-order valence-corrected chi connectivity index (χ3v) is 3.00. The second-order valence-corrected chi connectivity index (χ2v) is 4.04. The van der Waals surface area contributed by atoms with E-state index in [-0.39, 0.29) is 0 Å². The molecule has 1 saturated carbocycles. The Balaban J connectivity index is 1.88. The van der Waals surface area contributed by atoms with Crippen LogP contribution >= 0.6 is 0 Å². The highest BCUT2D eigenvalue weighted by Gasteiger charge is 2.14. The molecule has 0 bridgehead atoms. The van der Waals surface area contributed by atoms with E-state index >= 15 is 0 Å². The molecule has 4 heteroatoms. The molecule has 0 radical (unpaired) electrons. The minimum Gasteiger partial charge on any atom is -0.384 e. The Kier molecular flexibility index (Phi) is 2.72. The molecule has 78 valence electrons. The van der Waals surface area contributed by atoms with Gasteiger partial charge in [-0.1, -0.05) is 12.8 Å². The molecule has 1 aliphatic rings. The van der Waals surface area contributed by atoms with Gasteiger partial charge in [-0.3, -0.25) is 4.68 Å². The van der Waals surface area contributed by atoms with Crippen LogP contribution in [0.4, 0.5) is 5.82 Å². The molecule has 2 rings (SSSR count). The third-order valence-electron chi connectivity index (χ3n) is 3.00. The Hall–Kier alpha value is -1.03. The normalized spacial score (nSPS) is 17.8. The number of rotatable bonds is 3. The van der Waals surface area contributed by atoms with Crippen LogP contribution in [0.3, 0.4) is 0 Å². The van der Waals surface area contributed by atoms with E-state index in [0.717, 1.165) is 17.9 Å². The van der Waals surface area contributed by atoms with E-state index in [0.29, 0.717) is 6.04 Å². The van der Waals surface area contributed by atoms with Crippen LogP contribution in [-0.4, -0.2) is 15.8 Å². The maximum Gasteiger partial charge on any atom is 0.125 e. The Morgan fingerprint density at radius 1 is 1.57 bits per heavy atom. The van der Waals surface area contributed by atoms with Crippen molar-refractivity contribution in [3.05, 3.63) is 11.8 Å². The fraction of sp³-hybridized carbons (Fsp3) is 0.700. The number of aryl methyl sites for hydroxylation is 1. The fourth-order valence-electron chi connectivity index (χ4n) is 2.01. The summed E-state index contributed by atoms with van der Waals surface area (Å²) < 4.78 is 1.71. The minimum atomic E-state index is 0.689. The third kappa shape index (κ3) is 1.90. The highest BCUT2D eigenvalue weighted by atomic mass is 15.3. The number of aromatic nitrogens is 2. The van der Waals surface area contributed by atoms with Gasteiger partial charge in [-0.25, -0.2) is 0 Å². The van der Waals surface area contributed by atoms with Gasteiger partial charge in [0.2, 0.25) is 0 Å². The molecule has 0 amide bonds. The number of anilines is 1. The smallest absolute Gasteiger partial charge is 0.125 e. The highest BCUT2D eigenvalue weighted by molar-refractivity contribution is 5.38. The maximum absolute atomic E-state index is 5.85. The summed E-state index contributed by atoms with van der Waals surface area (Å²) in [5, 5.41) is 7.63. The zero-order valence-corrected chi connectivity index (χ0v) is 8.66. The molecule has 1 heterocycles. The van der Waals surface area contributed by atoms with Gasteiger partial charge in [0.1, 0.15) is 5.82 Å². The minimum absolute atomic E-state index is 0.689. The van der Waals surface area contributed by atoms with Crippen molar-refractivity contribution in [2.75, 3.05) is 5.73 Å². The highest BCUT2D eigenvalue weighted by Crippen LogP contribution is 2.18. The molecule has 0 aromatic carbocycles. The molecular formula is C10H18N4. The lowest BCUT2D eigenvalue weighted by Gasteiger charge is -2.10. The van der Waals surface area contributed by atoms with Crippen molar-refractivity contribution in [1.82, 2.24) is 15.1 Å². The quantitative estimate of drug-likeness (QED) is 0.755. The van der Waals surface area contributed by atoms with E-state index in [9.17, 15) is 0 Å². The first-order valence-electron chi connectivity index (χ1n) is 5.27. The van der Waals surface area contributed by atoms with E-state index in [1.54, 1.807) is 4.68 Å². The average molecular weight is 194 g/mol. The van der Waals surface area contributed by atoms with Crippen LogP contribution in [0.2, 0.25) is 0 Å². The van der Waals surface area contributed by atoms with Crippen LogP contribution in [0.15, 0.2) is 6.20 Å². The summed E-state index contributed by atoms with van der Waals surface area (Å²) in [5.41, 5.74) is 6.96. The van der Waals surface area contributed by atoms with Crippen LogP contribution in [-0.2, 0) is 13.6 Å². The van der Waals surface area contributed by atoms with Crippen molar-refractivity contribution >= 4 is 5.82 Å². The lowest BCUT2D eigenvalue weighted by molar-refractivity contribution is 0.525. The Labute approximate surface area is 84.5 Å². The standard InChI is InChI=1S/C10H18N4/c1-14-10(11)8(7-13-14)6-12-9-4-2-3-5-9/h7,9,12H,2-6,11H2,1H3. The summed E-state index contributed by atoms with van der Waals surface area (Å²) in [5.74, 6) is 0.774. The van der Waals surface area contributed by atoms with Gasteiger partial charge in [0.25, 0.3) is 0 Å². The first-order valence-corrected chi connectivity index (χ1v) is 5.27. The van der Waals surface area contributed by atoms with Gasteiger partial charge in [0, 0.05) is 25.2 Å². The molecule has 1 aliphatic carbocycles. The largest absolute Gasteiger partial charge is 0.384 e. The van der Waals surface area contributed by atoms with E-state index in [4.69, 9.17) is 5.73 Å². The Bertz CT molecular complexity index is 299.